The molecule has 2 atom stereocenters. The van der Waals surface area contributed by atoms with Gasteiger partial charge in [0.05, 0.1) is 32.4 Å². The van der Waals surface area contributed by atoms with Gasteiger partial charge >= 0.3 is 0 Å². The topological polar surface area (TPSA) is 107 Å². The molecule has 2 aromatic heterocycles. The van der Waals surface area contributed by atoms with Crippen LogP contribution in [0.5, 0.6) is 0 Å². The molecule has 0 radical (unpaired) electrons. The Hall–Kier alpha value is -3.05. The normalized spacial score (nSPS) is 26.4. The van der Waals surface area contributed by atoms with E-state index < -0.39 is 10.8 Å². The minimum absolute atomic E-state index is 0.249. The molecular weight excluding hydrogens is 408 g/mol. The fourth-order valence-corrected chi connectivity index (χ4v) is 6.65. The van der Waals surface area contributed by atoms with Crippen LogP contribution in [0.3, 0.4) is 0 Å². The van der Waals surface area contributed by atoms with E-state index in [1.54, 1.807) is 12.4 Å². The molecule has 1 saturated carbocycles. The molecule has 158 valence electrons. The number of fused-ring (bicyclic) bond motifs is 1. The van der Waals surface area contributed by atoms with Crippen LogP contribution in [0.25, 0.3) is 11.0 Å². The van der Waals surface area contributed by atoms with Gasteiger partial charge in [0.1, 0.15) is 18.0 Å². The number of benzene rings is 1. The number of nitriles is 1. The molecule has 2 aliphatic rings. The first-order valence-electron chi connectivity index (χ1n) is 10.6. The highest BCUT2D eigenvalue weighted by molar-refractivity contribution is 7.85. The van der Waals surface area contributed by atoms with E-state index in [0.29, 0.717) is 28.0 Å². The summed E-state index contributed by atoms with van der Waals surface area (Å²) in [6.07, 6.45) is 9.67. The van der Waals surface area contributed by atoms with Crippen molar-refractivity contribution in [2.75, 3.05) is 12.3 Å². The maximum atomic E-state index is 12.9. The predicted octanol–water partition coefficient (Wildman–Crippen LogP) is 3.27. The number of hydrazone groups is 1. The molecule has 0 bridgehead atoms. The summed E-state index contributed by atoms with van der Waals surface area (Å²) in [6, 6.07) is 11.4. The second kappa shape index (κ2) is 8.23. The SMILES string of the molecule is N#Cc1ccccc1S(=O)CC1CCC(C2(c3ncnc4[nH]ccc34)C=NNC2)CC1. The fraction of sp³-hybridized carbons (Fsp3) is 0.391. The second-order valence-electron chi connectivity index (χ2n) is 8.43. The average molecular weight is 433 g/mol. The highest BCUT2D eigenvalue weighted by Crippen LogP contribution is 2.44. The first kappa shape index (κ1) is 19.9. The van der Waals surface area contributed by atoms with Crippen LogP contribution in [0.2, 0.25) is 0 Å². The molecule has 1 aliphatic heterocycles. The number of aromatic nitrogens is 3. The minimum atomic E-state index is -1.15. The van der Waals surface area contributed by atoms with Crippen molar-refractivity contribution in [3.8, 4) is 6.07 Å². The van der Waals surface area contributed by atoms with Crippen LogP contribution < -0.4 is 5.43 Å². The summed E-state index contributed by atoms with van der Waals surface area (Å²) < 4.78 is 12.9. The van der Waals surface area contributed by atoms with Crippen molar-refractivity contribution in [3.05, 3.63) is 54.1 Å². The Balaban J connectivity index is 1.33. The summed E-state index contributed by atoms with van der Waals surface area (Å²) in [5, 5.41) is 14.7. The zero-order valence-corrected chi connectivity index (χ0v) is 17.9. The lowest BCUT2D eigenvalue weighted by atomic mass is 9.65. The summed E-state index contributed by atoms with van der Waals surface area (Å²) in [7, 11) is -1.15. The molecule has 3 aromatic rings. The van der Waals surface area contributed by atoms with Crippen LogP contribution in [-0.4, -0.2) is 37.7 Å². The van der Waals surface area contributed by atoms with Crippen LogP contribution in [0, 0.1) is 23.2 Å². The molecule has 2 unspecified atom stereocenters. The van der Waals surface area contributed by atoms with Crippen molar-refractivity contribution in [1.29, 1.82) is 5.26 Å². The molecule has 5 rings (SSSR count). The monoisotopic (exact) mass is 432 g/mol. The van der Waals surface area contributed by atoms with E-state index >= 15 is 0 Å². The first-order chi connectivity index (χ1) is 15.2. The predicted molar refractivity (Wildman–Crippen MR) is 120 cm³/mol. The van der Waals surface area contributed by atoms with Gasteiger partial charge in [0, 0.05) is 30.1 Å². The largest absolute Gasteiger partial charge is 0.346 e. The van der Waals surface area contributed by atoms with Crippen molar-refractivity contribution >= 4 is 28.0 Å². The van der Waals surface area contributed by atoms with E-state index in [-0.39, 0.29) is 5.41 Å². The molecule has 1 aliphatic carbocycles. The summed E-state index contributed by atoms with van der Waals surface area (Å²) in [5.74, 6) is 1.42. The van der Waals surface area contributed by atoms with E-state index in [4.69, 9.17) is 4.98 Å². The van der Waals surface area contributed by atoms with Gasteiger partial charge in [-0.15, -0.1) is 0 Å². The Morgan fingerprint density at radius 3 is 2.77 bits per heavy atom. The van der Waals surface area contributed by atoms with Crippen molar-refractivity contribution < 1.29 is 4.21 Å². The number of hydrogen-bond donors (Lipinski definition) is 2. The van der Waals surface area contributed by atoms with Crippen molar-refractivity contribution in [2.24, 2.45) is 16.9 Å². The molecular formula is C23H24N6OS. The second-order valence-corrected chi connectivity index (χ2v) is 9.90. The average Bonchev–Trinajstić information content (AvgIpc) is 3.50. The van der Waals surface area contributed by atoms with Crippen LogP contribution in [0.4, 0.5) is 0 Å². The van der Waals surface area contributed by atoms with E-state index in [0.717, 1.165) is 49.0 Å². The van der Waals surface area contributed by atoms with Gasteiger partial charge < -0.3 is 10.4 Å². The fourth-order valence-electron chi connectivity index (χ4n) is 5.12. The Kier molecular flexibility index (Phi) is 5.28. The molecule has 2 N–H and O–H groups in total. The van der Waals surface area contributed by atoms with Gasteiger partial charge in [-0.25, -0.2) is 9.97 Å². The third-order valence-electron chi connectivity index (χ3n) is 6.77. The first-order valence-corrected chi connectivity index (χ1v) is 12.0. The van der Waals surface area contributed by atoms with Gasteiger partial charge in [-0.05, 0) is 55.7 Å². The van der Waals surface area contributed by atoms with Gasteiger partial charge in [-0.3, -0.25) is 4.21 Å². The van der Waals surface area contributed by atoms with E-state index in [1.165, 1.54) is 0 Å². The van der Waals surface area contributed by atoms with Crippen LogP contribution in [0.1, 0.15) is 36.9 Å². The van der Waals surface area contributed by atoms with Gasteiger partial charge in [0.2, 0.25) is 0 Å². The van der Waals surface area contributed by atoms with Crippen LogP contribution in [-0.2, 0) is 16.2 Å². The van der Waals surface area contributed by atoms with Gasteiger partial charge in [0.25, 0.3) is 0 Å². The number of H-pyrrole nitrogens is 1. The highest BCUT2D eigenvalue weighted by Gasteiger charge is 2.45. The van der Waals surface area contributed by atoms with Gasteiger partial charge in [-0.1, -0.05) is 12.1 Å². The van der Waals surface area contributed by atoms with Gasteiger partial charge in [-0.2, -0.15) is 10.4 Å². The van der Waals surface area contributed by atoms with Crippen molar-refractivity contribution in [3.63, 3.8) is 0 Å². The molecule has 7 nitrogen and oxygen atoms in total. The van der Waals surface area contributed by atoms with Crippen molar-refractivity contribution in [1.82, 2.24) is 20.4 Å². The van der Waals surface area contributed by atoms with E-state index in [2.05, 4.69) is 26.6 Å². The summed E-state index contributed by atoms with van der Waals surface area (Å²) >= 11 is 0. The summed E-state index contributed by atoms with van der Waals surface area (Å²) in [4.78, 5) is 12.9. The van der Waals surface area contributed by atoms with E-state index in [9.17, 15) is 9.47 Å². The molecule has 31 heavy (non-hydrogen) atoms. The molecule has 0 saturated heterocycles. The Bertz CT molecular complexity index is 1190. The molecule has 0 amide bonds. The minimum Gasteiger partial charge on any atom is -0.346 e. The lowest BCUT2D eigenvalue weighted by Crippen LogP contribution is -2.43. The van der Waals surface area contributed by atoms with Gasteiger partial charge in [0.15, 0.2) is 0 Å². The smallest absolute Gasteiger partial charge is 0.140 e. The molecule has 1 aromatic carbocycles. The molecule has 0 spiro atoms. The number of hydrogen-bond acceptors (Lipinski definition) is 6. The highest BCUT2D eigenvalue weighted by atomic mass is 32.2. The van der Waals surface area contributed by atoms with Crippen LogP contribution >= 0.6 is 0 Å². The lowest BCUT2D eigenvalue weighted by molar-refractivity contribution is 0.227. The third kappa shape index (κ3) is 3.53. The third-order valence-corrected chi connectivity index (χ3v) is 8.39. The lowest BCUT2D eigenvalue weighted by Gasteiger charge is -2.39. The number of aromatic amines is 1. The quantitative estimate of drug-likeness (QED) is 0.643. The van der Waals surface area contributed by atoms with E-state index in [1.807, 2.05) is 36.7 Å². The van der Waals surface area contributed by atoms with Crippen molar-refractivity contribution in [2.45, 2.75) is 36.0 Å². The summed E-state index contributed by atoms with van der Waals surface area (Å²) in [5.41, 5.74) is 5.31. The Labute approximate surface area is 183 Å². The molecule has 8 heteroatoms. The van der Waals surface area contributed by atoms with Crippen LogP contribution in [0.15, 0.2) is 52.9 Å². The standard InChI is InChI=1S/C23H24N6OS/c24-11-17-3-1-2-4-20(17)31(30)12-16-5-7-18(8-6-16)23(13-28-29-14-23)21-19-9-10-25-22(19)27-15-26-21/h1-4,9-10,13,15-16,18,29H,5-8,12,14H2,(H,25,26,27). The molecule has 3 heterocycles. The number of nitrogens with zero attached hydrogens (tertiary/aromatic N) is 4. The maximum Gasteiger partial charge on any atom is 0.140 e. The number of rotatable bonds is 5. The number of nitrogens with one attached hydrogen (secondary N) is 2. The Morgan fingerprint density at radius 2 is 2.00 bits per heavy atom. The molecule has 1 fully saturated rings. The Morgan fingerprint density at radius 1 is 1.16 bits per heavy atom. The summed E-state index contributed by atoms with van der Waals surface area (Å²) in [6.45, 7) is 0.737. The zero-order chi connectivity index (χ0) is 21.3. The maximum absolute atomic E-state index is 12.9. The zero-order valence-electron chi connectivity index (χ0n) is 17.1.